The number of sulfone groups is 1. The summed E-state index contributed by atoms with van der Waals surface area (Å²) in [7, 11) is -4.46. The highest BCUT2D eigenvalue weighted by molar-refractivity contribution is 7.92. The highest BCUT2D eigenvalue weighted by Crippen LogP contribution is 2.39. The van der Waals surface area contributed by atoms with Crippen LogP contribution in [0, 0.1) is 6.92 Å². The molecule has 4 N–H and O–H groups in total. The van der Waals surface area contributed by atoms with Crippen LogP contribution in [0.5, 0.6) is 5.75 Å². The Labute approximate surface area is 274 Å². The average Bonchev–Trinajstić information content (AvgIpc) is 3.63. The number of aryl methyl sites for hydroxylation is 1. The van der Waals surface area contributed by atoms with E-state index in [2.05, 4.69) is 26.0 Å². The Kier molecular flexibility index (Phi) is 8.83. The molecule has 0 radical (unpaired) electrons. The summed E-state index contributed by atoms with van der Waals surface area (Å²) in [6.45, 7) is 7.82. The van der Waals surface area contributed by atoms with Gasteiger partial charge in [-0.1, -0.05) is 45.0 Å². The number of carbonyl (C=O) groups is 1. The Morgan fingerprint density at radius 1 is 0.979 bits per heavy atom. The lowest BCUT2D eigenvalue weighted by Gasteiger charge is -2.24. The summed E-state index contributed by atoms with van der Waals surface area (Å²) in [6.07, 6.45) is 4.25. The SMILES string of the molecule is COc1c(NC(=O)c2ccc(C)c(N3C=C(c4cnc(S(=O)(=O)c5ccccc5)n4C)NN3)c2)cc(C(C)(C)C)cc1NS(C)(=O)=O. The number of anilines is 3. The fourth-order valence-corrected chi connectivity index (χ4v) is 6.95. The molecular formula is C32H37N7O6S2. The van der Waals surface area contributed by atoms with Crippen LogP contribution < -0.4 is 30.7 Å². The number of carbonyl (C=O) groups excluding carboxylic acids is 1. The Morgan fingerprint density at radius 3 is 2.30 bits per heavy atom. The number of hydrazine groups is 2. The lowest BCUT2D eigenvalue weighted by atomic mass is 9.86. The molecule has 0 bridgehead atoms. The van der Waals surface area contributed by atoms with E-state index in [0.29, 0.717) is 28.3 Å². The smallest absolute Gasteiger partial charge is 0.255 e. The fraction of sp³-hybridized carbons (Fsp3) is 0.250. The van der Waals surface area contributed by atoms with Gasteiger partial charge >= 0.3 is 0 Å². The van der Waals surface area contributed by atoms with Crippen LogP contribution in [-0.2, 0) is 32.3 Å². The summed E-state index contributed by atoms with van der Waals surface area (Å²) in [4.78, 5) is 18.0. The second-order valence-electron chi connectivity index (χ2n) is 12.1. The first kappa shape index (κ1) is 33.5. The second kappa shape index (κ2) is 12.4. The van der Waals surface area contributed by atoms with E-state index in [9.17, 15) is 21.6 Å². The maximum atomic E-state index is 13.6. The van der Waals surface area contributed by atoms with Crippen molar-refractivity contribution in [2.24, 2.45) is 7.05 Å². The molecule has 0 aliphatic carbocycles. The quantitative estimate of drug-likeness (QED) is 0.200. The van der Waals surface area contributed by atoms with Crippen LogP contribution in [-0.4, -0.2) is 45.7 Å². The van der Waals surface area contributed by atoms with E-state index < -0.39 is 25.8 Å². The largest absolute Gasteiger partial charge is 0.492 e. The molecule has 1 aliphatic heterocycles. The molecule has 248 valence electrons. The van der Waals surface area contributed by atoms with Crippen molar-refractivity contribution >= 4 is 48.5 Å². The van der Waals surface area contributed by atoms with Gasteiger partial charge in [0.1, 0.15) is 0 Å². The molecule has 0 saturated carbocycles. The standard InChI is InChI=1S/C32H37N7O6S2/c1-20-13-14-21(30(40)34-24-16-22(32(2,3)4)17-25(29(24)45-6)36-46(7,41)42)15-27(20)39-19-26(35-37-39)28-18-33-31(38(28)5)47(43,44)23-11-9-8-10-12-23/h8-19,35-37H,1-7H3,(H,34,40). The van der Waals surface area contributed by atoms with Gasteiger partial charge in [-0.05, 0) is 59.9 Å². The topological polar surface area (TPSA) is 164 Å². The summed E-state index contributed by atoms with van der Waals surface area (Å²) >= 11 is 0. The molecular weight excluding hydrogens is 643 g/mol. The van der Waals surface area contributed by atoms with Gasteiger partial charge in [0.15, 0.2) is 5.75 Å². The van der Waals surface area contributed by atoms with E-state index >= 15 is 0 Å². The highest BCUT2D eigenvalue weighted by Gasteiger charge is 2.27. The first-order chi connectivity index (χ1) is 22.0. The van der Waals surface area contributed by atoms with Crippen LogP contribution in [0.1, 0.15) is 48.0 Å². The predicted molar refractivity (Wildman–Crippen MR) is 181 cm³/mol. The van der Waals surface area contributed by atoms with Gasteiger partial charge in [-0.2, -0.15) is 0 Å². The third-order valence-corrected chi connectivity index (χ3v) is 9.86. The van der Waals surface area contributed by atoms with E-state index in [1.54, 1.807) is 66.8 Å². The van der Waals surface area contributed by atoms with Gasteiger partial charge in [0.05, 0.1) is 59.1 Å². The molecule has 47 heavy (non-hydrogen) atoms. The molecule has 3 aromatic carbocycles. The number of aromatic nitrogens is 2. The second-order valence-corrected chi connectivity index (χ2v) is 15.7. The van der Waals surface area contributed by atoms with Gasteiger partial charge in [0, 0.05) is 12.6 Å². The minimum atomic E-state index is -3.84. The minimum absolute atomic E-state index is 0.101. The first-order valence-corrected chi connectivity index (χ1v) is 17.8. The Morgan fingerprint density at radius 2 is 1.66 bits per heavy atom. The number of nitrogens with zero attached hydrogens (tertiary/aromatic N) is 3. The van der Waals surface area contributed by atoms with Crippen LogP contribution in [0.2, 0.25) is 0 Å². The molecule has 0 unspecified atom stereocenters. The summed E-state index contributed by atoms with van der Waals surface area (Å²) in [5.74, 6) is -0.272. The van der Waals surface area contributed by atoms with Crippen LogP contribution in [0.25, 0.3) is 5.70 Å². The van der Waals surface area contributed by atoms with Gasteiger partial charge in [-0.3, -0.25) is 20.0 Å². The summed E-state index contributed by atoms with van der Waals surface area (Å²) in [6, 6.07) is 16.7. The van der Waals surface area contributed by atoms with Crippen molar-refractivity contribution in [1.29, 1.82) is 0 Å². The summed E-state index contributed by atoms with van der Waals surface area (Å²) < 4.78 is 60.2. The fourth-order valence-electron chi connectivity index (χ4n) is 5.03. The van der Waals surface area contributed by atoms with Crippen molar-refractivity contribution in [2.75, 3.05) is 28.4 Å². The van der Waals surface area contributed by atoms with Crippen molar-refractivity contribution in [3.63, 3.8) is 0 Å². The van der Waals surface area contributed by atoms with Crippen LogP contribution >= 0.6 is 0 Å². The average molecular weight is 680 g/mol. The summed E-state index contributed by atoms with van der Waals surface area (Å²) in [5.41, 5.74) is 9.91. The minimum Gasteiger partial charge on any atom is -0.492 e. The number of amides is 1. The molecule has 1 amide bonds. The maximum Gasteiger partial charge on any atom is 0.255 e. The van der Waals surface area contributed by atoms with Gasteiger partial charge in [0.25, 0.3) is 5.91 Å². The van der Waals surface area contributed by atoms with E-state index in [1.165, 1.54) is 30.0 Å². The molecule has 0 fully saturated rings. The molecule has 1 aromatic heterocycles. The van der Waals surface area contributed by atoms with Crippen LogP contribution in [0.15, 0.2) is 83.1 Å². The first-order valence-electron chi connectivity index (χ1n) is 14.5. The molecule has 13 nitrogen and oxygen atoms in total. The molecule has 15 heteroatoms. The number of hydrogen-bond acceptors (Lipinski definition) is 10. The normalized spacial score (nSPS) is 13.6. The third kappa shape index (κ3) is 6.96. The van der Waals surface area contributed by atoms with Crippen molar-refractivity contribution in [1.82, 2.24) is 20.5 Å². The number of nitrogens with one attached hydrogen (secondary N) is 4. The van der Waals surface area contributed by atoms with Crippen molar-refractivity contribution in [2.45, 2.75) is 43.2 Å². The maximum absolute atomic E-state index is 13.6. The van der Waals surface area contributed by atoms with Gasteiger partial charge < -0.3 is 14.6 Å². The zero-order chi connectivity index (χ0) is 34.3. The molecule has 4 aromatic rings. The number of hydrogen-bond donors (Lipinski definition) is 4. The number of methoxy groups -OCH3 is 1. The monoisotopic (exact) mass is 679 g/mol. The van der Waals surface area contributed by atoms with E-state index in [-0.39, 0.29) is 26.9 Å². The molecule has 1 aliphatic rings. The van der Waals surface area contributed by atoms with Gasteiger partial charge in [0.2, 0.25) is 25.0 Å². The molecule has 0 saturated heterocycles. The van der Waals surface area contributed by atoms with Crippen molar-refractivity contribution in [3.8, 4) is 5.75 Å². The van der Waals surface area contributed by atoms with Crippen molar-refractivity contribution < 1.29 is 26.4 Å². The van der Waals surface area contributed by atoms with Crippen molar-refractivity contribution in [3.05, 3.63) is 95.4 Å². The van der Waals surface area contributed by atoms with Gasteiger partial charge in [-0.25, -0.2) is 21.8 Å². The zero-order valence-corrected chi connectivity index (χ0v) is 28.7. The number of imidazole rings is 1. The van der Waals surface area contributed by atoms with E-state index in [4.69, 9.17) is 4.74 Å². The van der Waals surface area contributed by atoms with E-state index in [1.807, 2.05) is 27.7 Å². The zero-order valence-electron chi connectivity index (χ0n) is 27.0. The Bertz CT molecular complexity index is 2100. The van der Waals surface area contributed by atoms with Gasteiger partial charge in [-0.15, -0.1) is 5.53 Å². The molecule has 5 rings (SSSR count). The Hall–Kier alpha value is -4.86. The third-order valence-electron chi connectivity index (χ3n) is 7.52. The predicted octanol–water partition coefficient (Wildman–Crippen LogP) is 4.32. The summed E-state index contributed by atoms with van der Waals surface area (Å²) in [5, 5.41) is 4.46. The number of sulfonamides is 1. The van der Waals surface area contributed by atoms with Crippen LogP contribution in [0.3, 0.4) is 0 Å². The number of rotatable bonds is 9. The Balaban J connectivity index is 1.44. The molecule has 2 heterocycles. The molecule has 0 spiro atoms. The number of ether oxygens (including phenoxy) is 1. The highest BCUT2D eigenvalue weighted by atomic mass is 32.2. The lowest BCUT2D eigenvalue weighted by molar-refractivity contribution is 0.102. The lowest BCUT2D eigenvalue weighted by Crippen LogP contribution is -2.36. The van der Waals surface area contributed by atoms with Crippen LogP contribution in [0.4, 0.5) is 17.1 Å². The number of benzene rings is 3. The molecule has 0 atom stereocenters. The van der Waals surface area contributed by atoms with E-state index in [0.717, 1.165) is 17.4 Å².